The average Bonchev–Trinajstić information content (AvgIpc) is 2.64. The van der Waals surface area contributed by atoms with Gasteiger partial charge in [-0.1, -0.05) is 45.0 Å². The molecule has 0 heterocycles. The predicted octanol–water partition coefficient (Wildman–Crippen LogP) is 4.46. The van der Waals surface area contributed by atoms with E-state index in [2.05, 4.69) is 26.1 Å². The van der Waals surface area contributed by atoms with Crippen LogP contribution in [0.25, 0.3) is 0 Å². The van der Waals surface area contributed by atoms with Crippen LogP contribution in [0.4, 0.5) is 5.69 Å². The van der Waals surface area contributed by atoms with Gasteiger partial charge in [-0.3, -0.25) is 9.59 Å². The van der Waals surface area contributed by atoms with E-state index in [1.54, 1.807) is 24.3 Å². The number of carbonyl (C=O) groups excluding carboxylic acids is 3. The second-order valence-corrected chi connectivity index (χ2v) is 8.46. The van der Waals surface area contributed by atoms with E-state index in [0.717, 1.165) is 5.56 Å². The summed E-state index contributed by atoms with van der Waals surface area (Å²) >= 11 is 1.27. The molecule has 2 aromatic carbocycles. The van der Waals surface area contributed by atoms with Crippen LogP contribution >= 0.6 is 11.8 Å². The monoisotopic (exact) mass is 399 g/mol. The van der Waals surface area contributed by atoms with Gasteiger partial charge >= 0.3 is 5.97 Å². The van der Waals surface area contributed by atoms with Gasteiger partial charge < -0.3 is 10.1 Å². The van der Waals surface area contributed by atoms with Gasteiger partial charge in [0.05, 0.1) is 11.3 Å². The topological polar surface area (TPSA) is 72.5 Å². The second kappa shape index (κ2) is 9.55. The average molecular weight is 400 g/mol. The summed E-state index contributed by atoms with van der Waals surface area (Å²) in [6.45, 7) is 7.46. The van der Waals surface area contributed by atoms with Gasteiger partial charge in [0.15, 0.2) is 6.61 Å². The summed E-state index contributed by atoms with van der Waals surface area (Å²) in [7, 11) is 0. The van der Waals surface area contributed by atoms with Gasteiger partial charge in [0, 0.05) is 10.6 Å². The number of thioether (sulfide) groups is 1. The summed E-state index contributed by atoms with van der Waals surface area (Å²) in [5.41, 5.74) is 2.19. The molecule has 2 aromatic rings. The van der Waals surface area contributed by atoms with E-state index >= 15 is 0 Å². The van der Waals surface area contributed by atoms with Crippen molar-refractivity contribution in [1.82, 2.24) is 0 Å². The van der Waals surface area contributed by atoms with Crippen molar-refractivity contribution in [3.63, 3.8) is 0 Å². The smallest absolute Gasteiger partial charge is 0.339 e. The lowest BCUT2D eigenvalue weighted by atomic mass is 9.87. The summed E-state index contributed by atoms with van der Waals surface area (Å²) in [5, 5.41) is 2.72. The van der Waals surface area contributed by atoms with Crippen molar-refractivity contribution in [2.24, 2.45) is 0 Å². The zero-order valence-corrected chi connectivity index (χ0v) is 17.4. The summed E-state index contributed by atoms with van der Waals surface area (Å²) in [6.07, 6.45) is 0. The molecule has 0 aliphatic rings. The first-order valence-corrected chi connectivity index (χ1v) is 9.94. The van der Waals surface area contributed by atoms with Gasteiger partial charge in [0.2, 0.25) is 0 Å². The number of nitrogens with one attached hydrogen (secondary N) is 1. The van der Waals surface area contributed by atoms with Crippen LogP contribution in [0.5, 0.6) is 0 Å². The van der Waals surface area contributed by atoms with Crippen molar-refractivity contribution < 1.29 is 19.1 Å². The number of ether oxygens (including phenoxy) is 1. The number of benzene rings is 2. The molecule has 0 saturated carbocycles. The van der Waals surface area contributed by atoms with E-state index in [9.17, 15) is 14.4 Å². The van der Waals surface area contributed by atoms with E-state index in [4.69, 9.17) is 4.74 Å². The third kappa shape index (κ3) is 6.53. The largest absolute Gasteiger partial charge is 0.452 e. The normalized spacial score (nSPS) is 11.0. The molecular formula is C22H25NO4S. The van der Waals surface area contributed by atoms with Crippen LogP contribution in [-0.4, -0.2) is 30.0 Å². The van der Waals surface area contributed by atoms with Crippen LogP contribution in [0.2, 0.25) is 0 Å². The molecule has 148 valence electrons. The summed E-state index contributed by atoms with van der Waals surface area (Å²) < 4.78 is 5.14. The van der Waals surface area contributed by atoms with Gasteiger partial charge in [0.1, 0.15) is 5.78 Å². The highest BCUT2D eigenvalue weighted by Gasteiger charge is 2.16. The van der Waals surface area contributed by atoms with Crippen LogP contribution in [0.15, 0.2) is 53.4 Å². The SMILES string of the molecule is CC(=O)CSc1ccccc1C(=O)OCC(=O)Nc1ccc(C(C)(C)C)cc1. The van der Waals surface area contributed by atoms with Crippen LogP contribution in [0.3, 0.4) is 0 Å². The number of carbonyl (C=O) groups is 3. The Kier molecular flexibility index (Phi) is 7.40. The number of hydrogen-bond donors (Lipinski definition) is 1. The van der Waals surface area contributed by atoms with Crippen molar-refractivity contribution >= 4 is 35.1 Å². The Bertz CT molecular complexity index is 854. The standard InChI is InChI=1S/C22H25NO4S/c1-15(24)14-28-19-8-6-5-7-18(19)21(26)27-13-20(25)23-17-11-9-16(10-12-17)22(2,3)4/h5-12H,13-14H2,1-4H3,(H,23,25). The Hall–Kier alpha value is -2.60. The Morgan fingerprint density at radius 2 is 1.64 bits per heavy atom. The predicted molar refractivity (Wildman–Crippen MR) is 112 cm³/mol. The molecule has 1 N–H and O–H groups in total. The second-order valence-electron chi connectivity index (χ2n) is 7.44. The lowest BCUT2D eigenvalue weighted by Gasteiger charge is -2.19. The zero-order valence-electron chi connectivity index (χ0n) is 16.6. The first kappa shape index (κ1) is 21.7. The molecule has 2 rings (SSSR count). The minimum atomic E-state index is -0.593. The highest BCUT2D eigenvalue weighted by atomic mass is 32.2. The van der Waals surface area contributed by atoms with Gasteiger partial charge in [-0.2, -0.15) is 0 Å². The van der Waals surface area contributed by atoms with Crippen molar-refractivity contribution in [2.45, 2.75) is 38.0 Å². The third-order valence-corrected chi connectivity index (χ3v) is 5.12. The van der Waals surface area contributed by atoms with E-state index in [-0.39, 0.29) is 23.6 Å². The van der Waals surface area contributed by atoms with Gasteiger partial charge in [-0.25, -0.2) is 4.79 Å². The van der Waals surface area contributed by atoms with E-state index in [1.165, 1.54) is 18.7 Å². The molecule has 0 aromatic heterocycles. The number of ketones is 1. The molecule has 1 amide bonds. The van der Waals surface area contributed by atoms with Crippen molar-refractivity contribution in [3.05, 3.63) is 59.7 Å². The lowest BCUT2D eigenvalue weighted by Crippen LogP contribution is -2.21. The minimum Gasteiger partial charge on any atom is -0.452 e. The fraction of sp³-hybridized carbons (Fsp3) is 0.318. The molecule has 0 atom stereocenters. The van der Waals surface area contributed by atoms with E-state index in [0.29, 0.717) is 16.1 Å². The third-order valence-electron chi connectivity index (χ3n) is 3.91. The molecular weight excluding hydrogens is 374 g/mol. The highest BCUT2D eigenvalue weighted by molar-refractivity contribution is 8.00. The number of hydrogen-bond acceptors (Lipinski definition) is 5. The maximum atomic E-state index is 12.3. The zero-order chi connectivity index (χ0) is 20.7. The molecule has 0 spiro atoms. The quantitative estimate of drug-likeness (QED) is 0.550. The minimum absolute atomic E-state index is 0.0185. The Balaban J connectivity index is 1.92. The first-order valence-electron chi connectivity index (χ1n) is 8.95. The molecule has 0 bridgehead atoms. The summed E-state index contributed by atoms with van der Waals surface area (Å²) in [5.74, 6) is -0.712. The Morgan fingerprint density at radius 1 is 1.00 bits per heavy atom. The van der Waals surface area contributed by atoms with Gasteiger partial charge in [-0.05, 0) is 42.2 Å². The van der Waals surface area contributed by atoms with Gasteiger partial charge in [-0.15, -0.1) is 11.8 Å². The fourth-order valence-electron chi connectivity index (χ4n) is 2.40. The first-order chi connectivity index (χ1) is 13.2. The highest BCUT2D eigenvalue weighted by Crippen LogP contribution is 2.24. The van der Waals surface area contributed by atoms with Gasteiger partial charge in [0.25, 0.3) is 5.91 Å². The van der Waals surface area contributed by atoms with E-state index < -0.39 is 11.9 Å². The summed E-state index contributed by atoms with van der Waals surface area (Å²) in [4.78, 5) is 36.2. The lowest BCUT2D eigenvalue weighted by molar-refractivity contribution is -0.119. The molecule has 6 heteroatoms. The summed E-state index contributed by atoms with van der Waals surface area (Å²) in [6, 6.07) is 14.4. The van der Waals surface area contributed by atoms with Crippen LogP contribution in [0.1, 0.15) is 43.6 Å². The molecule has 28 heavy (non-hydrogen) atoms. The van der Waals surface area contributed by atoms with Crippen molar-refractivity contribution in [2.75, 3.05) is 17.7 Å². The van der Waals surface area contributed by atoms with Crippen LogP contribution < -0.4 is 5.32 Å². The maximum Gasteiger partial charge on any atom is 0.339 e. The fourth-order valence-corrected chi connectivity index (χ4v) is 3.24. The molecule has 0 aliphatic heterocycles. The Morgan fingerprint density at radius 3 is 2.25 bits per heavy atom. The van der Waals surface area contributed by atoms with E-state index in [1.807, 2.05) is 24.3 Å². The van der Waals surface area contributed by atoms with Crippen molar-refractivity contribution in [1.29, 1.82) is 0 Å². The number of anilines is 1. The number of Topliss-reactive ketones (excluding diaryl/α,β-unsaturated/α-hetero) is 1. The molecule has 0 aliphatic carbocycles. The number of rotatable bonds is 7. The molecule has 5 nitrogen and oxygen atoms in total. The van der Waals surface area contributed by atoms with Crippen molar-refractivity contribution in [3.8, 4) is 0 Å². The molecule has 0 radical (unpaired) electrons. The van der Waals surface area contributed by atoms with Crippen LogP contribution in [0, 0.1) is 0 Å². The van der Waals surface area contributed by atoms with Crippen LogP contribution in [-0.2, 0) is 19.7 Å². The maximum absolute atomic E-state index is 12.3. The molecule has 0 fully saturated rings. The number of amides is 1. The number of esters is 1. The molecule has 0 unspecified atom stereocenters. The Labute approximate surface area is 169 Å². The molecule has 0 saturated heterocycles.